The van der Waals surface area contributed by atoms with Crippen molar-refractivity contribution in [2.45, 2.75) is 25.3 Å². The Morgan fingerprint density at radius 1 is 0.900 bits per heavy atom. The monoisotopic (exact) mass is 263 g/mol. The van der Waals surface area contributed by atoms with Crippen molar-refractivity contribution in [3.05, 3.63) is 78.4 Å². The fourth-order valence-corrected chi connectivity index (χ4v) is 2.93. The van der Waals surface area contributed by atoms with Crippen molar-refractivity contribution in [2.24, 2.45) is 5.92 Å². The van der Waals surface area contributed by atoms with Crippen LogP contribution >= 0.6 is 0 Å². The number of allylic oxidation sites excluding steroid dienone is 1. The second-order valence-corrected chi connectivity index (χ2v) is 5.42. The molecule has 2 aromatic rings. The highest BCUT2D eigenvalue weighted by molar-refractivity contribution is 5.45. The summed E-state index contributed by atoms with van der Waals surface area (Å²) in [5.74, 6) is 0.575. The van der Waals surface area contributed by atoms with E-state index >= 15 is 0 Å². The highest BCUT2D eigenvalue weighted by Gasteiger charge is 2.22. The van der Waals surface area contributed by atoms with E-state index in [4.69, 9.17) is 0 Å². The van der Waals surface area contributed by atoms with E-state index in [1.807, 2.05) is 0 Å². The second kappa shape index (κ2) is 6.42. The summed E-state index contributed by atoms with van der Waals surface area (Å²) in [6.07, 6.45) is 8.49. The van der Waals surface area contributed by atoms with E-state index in [-0.39, 0.29) is 0 Å². The SMILES string of the molecule is C1=C[C@H]([C@@H](Nc2ccccc2)c2ccccc2)CCC1. The van der Waals surface area contributed by atoms with Crippen LogP contribution in [0.5, 0.6) is 0 Å². The Hall–Kier alpha value is -2.02. The van der Waals surface area contributed by atoms with Crippen LogP contribution in [0.15, 0.2) is 72.8 Å². The lowest BCUT2D eigenvalue weighted by Crippen LogP contribution is -2.21. The third-order valence-corrected chi connectivity index (χ3v) is 3.97. The molecule has 1 heteroatoms. The summed E-state index contributed by atoms with van der Waals surface area (Å²) in [4.78, 5) is 0. The molecule has 2 atom stereocenters. The van der Waals surface area contributed by atoms with Gasteiger partial charge in [-0.2, -0.15) is 0 Å². The van der Waals surface area contributed by atoms with E-state index in [1.165, 1.54) is 30.5 Å². The molecule has 0 aromatic heterocycles. The molecule has 0 heterocycles. The first-order valence-electron chi connectivity index (χ1n) is 7.47. The Balaban J connectivity index is 1.87. The molecule has 0 bridgehead atoms. The van der Waals surface area contributed by atoms with E-state index in [2.05, 4.69) is 78.1 Å². The minimum Gasteiger partial charge on any atom is -0.378 e. The molecule has 0 radical (unpaired) electrons. The standard InChI is InChI=1S/C19H21N/c1-4-10-16(11-5-1)19(17-12-6-2-7-13-17)20-18-14-8-3-9-15-18/h1,3-6,8-12,14-15,17,19-20H,2,7,13H2/t17-,19-/m0/s1. The topological polar surface area (TPSA) is 12.0 Å². The van der Waals surface area contributed by atoms with Gasteiger partial charge in [0.1, 0.15) is 0 Å². The maximum Gasteiger partial charge on any atom is 0.0576 e. The van der Waals surface area contributed by atoms with Crippen LogP contribution in [0.3, 0.4) is 0 Å². The molecule has 3 rings (SSSR count). The summed E-state index contributed by atoms with van der Waals surface area (Å²) < 4.78 is 0. The lowest BCUT2D eigenvalue weighted by atomic mass is 9.85. The van der Waals surface area contributed by atoms with Gasteiger partial charge in [-0.25, -0.2) is 0 Å². The van der Waals surface area contributed by atoms with Gasteiger partial charge < -0.3 is 5.32 Å². The smallest absolute Gasteiger partial charge is 0.0576 e. The molecule has 0 unspecified atom stereocenters. The van der Waals surface area contributed by atoms with Gasteiger partial charge in [-0.15, -0.1) is 0 Å². The Bertz CT molecular complexity index is 544. The predicted molar refractivity (Wildman–Crippen MR) is 85.7 cm³/mol. The molecule has 1 aliphatic carbocycles. The molecular weight excluding hydrogens is 242 g/mol. The Morgan fingerprint density at radius 3 is 2.25 bits per heavy atom. The maximum absolute atomic E-state index is 3.71. The number of para-hydroxylation sites is 1. The van der Waals surface area contributed by atoms with E-state index in [0.29, 0.717) is 12.0 Å². The zero-order valence-corrected chi connectivity index (χ0v) is 11.7. The minimum absolute atomic E-state index is 0.357. The molecule has 0 saturated heterocycles. The molecule has 1 N–H and O–H groups in total. The zero-order chi connectivity index (χ0) is 13.6. The van der Waals surface area contributed by atoms with Crippen molar-refractivity contribution in [2.75, 3.05) is 5.32 Å². The Morgan fingerprint density at radius 2 is 1.60 bits per heavy atom. The van der Waals surface area contributed by atoms with Crippen LogP contribution in [-0.4, -0.2) is 0 Å². The van der Waals surface area contributed by atoms with Crippen LogP contribution in [0.4, 0.5) is 5.69 Å². The molecule has 0 saturated carbocycles. The summed E-state index contributed by atoms with van der Waals surface area (Å²) in [7, 11) is 0. The number of anilines is 1. The highest BCUT2D eigenvalue weighted by atomic mass is 14.9. The number of rotatable bonds is 4. The average molecular weight is 263 g/mol. The quantitative estimate of drug-likeness (QED) is 0.748. The molecule has 102 valence electrons. The fraction of sp³-hybridized carbons (Fsp3) is 0.263. The van der Waals surface area contributed by atoms with Gasteiger partial charge >= 0.3 is 0 Å². The number of benzene rings is 2. The maximum atomic E-state index is 3.71. The van der Waals surface area contributed by atoms with Crippen molar-refractivity contribution in [1.82, 2.24) is 0 Å². The second-order valence-electron chi connectivity index (χ2n) is 5.42. The molecule has 0 fully saturated rings. The fourth-order valence-electron chi connectivity index (χ4n) is 2.93. The van der Waals surface area contributed by atoms with Crippen LogP contribution < -0.4 is 5.32 Å². The zero-order valence-electron chi connectivity index (χ0n) is 11.7. The average Bonchev–Trinajstić information content (AvgIpc) is 2.55. The van der Waals surface area contributed by atoms with E-state index in [0.717, 1.165) is 0 Å². The first kappa shape index (κ1) is 13.0. The number of nitrogens with one attached hydrogen (secondary N) is 1. The molecule has 20 heavy (non-hydrogen) atoms. The van der Waals surface area contributed by atoms with Gasteiger partial charge in [0.25, 0.3) is 0 Å². The van der Waals surface area contributed by atoms with Gasteiger partial charge in [0.2, 0.25) is 0 Å². The van der Waals surface area contributed by atoms with Gasteiger partial charge in [0.05, 0.1) is 6.04 Å². The van der Waals surface area contributed by atoms with Gasteiger partial charge in [-0.3, -0.25) is 0 Å². The van der Waals surface area contributed by atoms with Crippen LogP contribution in [0, 0.1) is 5.92 Å². The lowest BCUT2D eigenvalue weighted by Gasteiger charge is -2.29. The van der Waals surface area contributed by atoms with E-state index in [9.17, 15) is 0 Å². The van der Waals surface area contributed by atoms with Crippen LogP contribution in [0.1, 0.15) is 30.9 Å². The summed E-state index contributed by atoms with van der Waals surface area (Å²) >= 11 is 0. The van der Waals surface area contributed by atoms with Crippen molar-refractivity contribution in [1.29, 1.82) is 0 Å². The first-order chi connectivity index (χ1) is 9.93. The van der Waals surface area contributed by atoms with Crippen molar-refractivity contribution in [3.8, 4) is 0 Å². The van der Waals surface area contributed by atoms with E-state index < -0.39 is 0 Å². The number of hydrogen-bond acceptors (Lipinski definition) is 1. The molecule has 0 amide bonds. The molecule has 1 nitrogen and oxygen atoms in total. The van der Waals surface area contributed by atoms with E-state index in [1.54, 1.807) is 0 Å². The first-order valence-corrected chi connectivity index (χ1v) is 7.47. The molecular formula is C19H21N. The van der Waals surface area contributed by atoms with Gasteiger partial charge in [0, 0.05) is 11.6 Å². The van der Waals surface area contributed by atoms with Gasteiger partial charge in [-0.1, -0.05) is 60.7 Å². The summed E-state index contributed by atoms with van der Waals surface area (Å²) in [6, 6.07) is 21.7. The third-order valence-electron chi connectivity index (χ3n) is 3.97. The molecule has 2 aromatic carbocycles. The highest BCUT2D eigenvalue weighted by Crippen LogP contribution is 2.33. The lowest BCUT2D eigenvalue weighted by molar-refractivity contribution is 0.478. The van der Waals surface area contributed by atoms with Crippen molar-refractivity contribution < 1.29 is 0 Å². The largest absolute Gasteiger partial charge is 0.378 e. The summed E-state index contributed by atoms with van der Waals surface area (Å²) in [5.41, 5.74) is 2.56. The summed E-state index contributed by atoms with van der Waals surface area (Å²) in [6.45, 7) is 0. The normalized spacial score (nSPS) is 19.5. The molecule has 0 aliphatic heterocycles. The van der Waals surface area contributed by atoms with Crippen LogP contribution in [-0.2, 0) is 0 Å². The van der Waals surface area contributed by atoms with Crippen LogP contribution in [0.2, 0.25) is 0 Å². The minimum atomic E-state index is 0.357. The van der Waals surface area contributed by atoms with Gasteiger partial charge in [-0.05, 0) is 37.0 Å². The Labute approximate surface area is 121 Å². The molecule has 0 spiro atoms. The van der Waals surface area contributed by atoms with Crippen molar-refractivity contribution >= 4 is 5.69 Å². The molecule has 1 aliphatic rings. The van der Waals surface area contributed by atoms with Crippen molar-refractivity contribution in [3.63, 3.8) is 0 Å². The Kier molecular flexibility index (Phi) is 4.17. The third kappa shape index (κ3) is 3.11. The predicted octanol–water partition coefficient (Wildman–Crippen LogP) is 5.20. The van der Waals surface area contributed by atoms with Crippen LogP contribution in [0.25, 0.3) is 0 Å². The van der Waals surface area contributed by atoms with Gasteiger partial charge in [0.15, 0.2) is 0 Å². The number of hydrogen-bond donors (Lipinski definition) is 1. The summed E-state index contributed by atoms with van der Waals surface area (Å²) in [5, 5.41) is 3.71.